The summed E-state index contributed by atoms with van der Waals surface area (Å²) in [7, 11) is 0. The van der Waals surface area contributed by atoms with E-state index in [9.17, 15) is 0 Å². The maximum Gasteiger partial charge on any atom is 0.119 e. The van der Waals surface area contributed by atoms with E-state index >= 15 is 0 Å². The van der Waals surface area contributed by atoms with Gasteiger partial charge in [-0.15, -0.1) is 0 Å². The van der Waals surface area contributed by atoms with E-state index < -0.39 is 0 Å². The molecule has 2 nitrogen and oxygen atoms in total. The van der Waals surface area contributed by atoms with Gasteiger partial charge < -0.3 is 10.5 Å². The number of aryl methyl sites for hydroxylation is 2. The second-order valence-corrected chi connectivity index (χ2v) is 5.98. The first kappa shape index (κ1) is 15.6. The first-order valence-electron chi connectivity index (χ1n) is 7.54. The molecular formula is C19H25NO. The molecule has 0 spiro atoms. The normalized spacial score (nSPS) is 12.5. The van der Waals surface area contributed by atoms with Crippen molar-refractivity contribution < 1.29 is 4.74 Å². The summed E-state index contributed by atoms with van der Waals surface area (Å²) in [6.07, 6.45) is 1.05. The smallest absolute Gasteiger partial charge is 0.119 e. The van der Waals surface area contributed by atoms with Crippen LogP contribution in [0.3, 0.4) is 0 Å². The predicted octanol–water partition coefficient (Wildman–Crippen LogP) is 4.33. The maximum atomic E-state index is 6.36. The molecule has 112 valence electrons. The zero-order chi connectivity index (χ0) is 15.4. The number of benzene rings is 2. The van der Waals surface area contributed by atoms with E-state index in [0.29, 0.717) is 0 Å². The summed E-state index contributed by atoms with van der Waals surface area (Å²) in [6.45, 7) is 8.31. The third kappa shape index (κ3) is 4.33. The zero-order valence-electron chi connectivity index (χ0n) is 13.4. The van der Waals surface area contributed by atoms with Gasteiger partial charge in [-0.2, -0.15) is 0 Å². The lowest BCUT2D eigenvalue weighted by Crippen LogP contribution is -2.14. The minimum atomic E-state index is 0.0126. The molecule has 0 aliphatic heterocycles. The van der Waals surface area contributed by atoms with E-state index in [1.165, 1.54) is 16.7 Å². The van der Waals surface area contributed by atoms with Crippen molar-refractivity contribution in [2.45, 2.75) is 46.3 Å². The number of nitrogens with two attached hydrogens (primary N) is 1. The molecule has 0 aromatic heterocycles. The summed E-state index contributed by atoms with van der Waals surface area (Å²) in [5, 5.41) is 0. The van der Waals surface area contributed by atoms with Crippen molar-refractivity contribution in [3.63, 3.8) is 0 Å². The lowest BCUT2D eigenvalue weighted by atomic mass is 9.95. The summed E-state index contributed by atoms with van der Waals surface area (Å²) in [5.74, 6) is 0.896. The average molecular weight is 283 g/mol. The number of hydrogen-bond donors (Lipinski definition) is 1. The largest absolute Gasteiger partial charge is 0.491 e. The van der Waals surface area contributed by atoms with Crippen LogP contribution in [0.4, 0.5) is 0 Å². The molecule has 1 unspecified atom stereocenters. The van der Waals surface area contributed by atoms with Crippen molar-refractivity contribution in [1.82, 2.24) is 0 Å². The molecule has 0 saturated heterocycles. The highest BCUT2D eigenvalue weighted by atomic mass is 16.5. The summed E-state index contributed by atoms with van der Waals surface area (Å²) >= 11 is 0. The standard InChI is InChI=1S/C19H25NO/c1-13(2)21-18-9-7-16(8-10-18)19(20)12-17-11-14(3)5-6-15(17)4/h5-11,13,19H,12,20H2,1-4H3. The Balaban J connectivity index is 2.09. The summed E-state index contributed by atoms with van der Waals surface area (Å²) in [4.78, 5) is 0. The van der Waals surface area contributed by atoms with Crippen LogP contribution in [-0.2, 0) is 6.42 Å². The first-order chi connectivity index (χ1) is 9.95. The molecule has 0 aliphatic carbocycles. The first-order valence-corrected chi connectivity index (χ1v) is 7.54. The molecule has 2 heteroatoms. The Kier molecular flexibility index (Phi) is 5.03. The highest BCUT2D eigenvalue weighted by Crippen LogP contribution is 2.22. The Morgan fingerprint density at radius 1 is 1.00 bits per heavy atom. The highest BCUT2D eigenvalue weighted by Gasteiger charge is 2.09. The minimum absolute atomic E-state index is 0.0126. The van der Waals surface area contributed by atoms with Gasteiger partial charge in [-0.25, -0.2) is 0 Å². The molecule has 21 heavy (non-hydrogen) atoms. The maximum absolute atomic E-state index is 6.36. The fourth-order valence-electron chi connectivity index (χ4n) is 2.44. The third-order valence-corrected chi connectivity index (χ3v) is 3.62. The SMILES string of the molecule is Cc1ccc(C)c(CC(N)c2ccc(OC(C)C)cc2)c1. The number of hydrogen-bond acceptors (Lipinski definition) is 2. The molecule has 0 fully saturated rings. The van der Waals surface area contributed by atoms with E-state index in [0.717, 1.165) is 17.7 Å². The molecule has 2 N–H and O–H groups in total. The van der Waals surface area contributed by atoms with E-state index in [-0.39, 0.29) is 12.1 Å². The Labute approximate surface area is 127 Å². The van der Waals surface area contributed by atoms with Gasteiger partial charge in [0, 0.05) is 6.04 Å². The van der Waals surface area contributed by atoms with Gasteiger partial charge in [0.15, 0.2) is 0 Å². The molecule has 0 amide bonds. The van der Waals surface area contributed by atoms with E-state index in [2.05, 4.69) is 44.2 Å². The van der Waals surface area contributed by atoms with Crippen molar-refractivity contribution in [3.8, 4) is 5.75 Å². The lowest BCUT2D eigenvalue weighted by Gasteiger charge is -2.16. The van der Waals surface area contributed by atoms with E-state index in [1.54, 1.807) is 0 Å². The molecule has 2 aromatic carbocycles. The van der Waals surface area contributed by atoms with Crippen molar-refractivity contribution in [1.29, 1.82) is 0 Å². The quantitative estimate of drug-likeness (QED) is 0.886. The Morgan fingerprint density at radius 3 is 2.29 bits per heavy atom. The molecule has 0 radical (unpaired) electrons. The van der Waals surface area contributed by atoms with Crippen LogP contribution in [0, 0.1) is 13.8 Å². The van der Waals surface area contributed by atoms with Gasteiger partial charge in [-0.05, 0) is 62.9 Å². The van der Waals surface area contributed by atoms with Gasteiger partial charge in [0.2, 0.25) is 0 Å². The molecule has 0 saturated carbocycles. The van der Waals surface area contributed by atoms with Crippen LogP contribution < -0.4 is 10.5 Å². The fourth-order valence-corrected chi connectivity index (χ4v) is 2.44. The van der Waals surface area contributed by atoms with Crippen molar-refractivity contribution in [2.75, 3.05) is 0 Å². The van der Waals surface area contributed by atoms with Gasteiger partial charge in [0.25, 0.3) is 0 Å². The van der Waals surface area contributed by atoms with Crippen LogP contribution in [0.25, 0.3) is 0 Å². The van der Waals surface area contributed by atoms with Crippen LogP contribution in [0.5, 0.6) is 5.75 Å². The van der Waals surface area contributed by atoms with Crippen LogP contribution in [0.2, 0.25) is 0 Å². The van der Waals surface area contributed by atoms with Gasteiger partial charge in [-0.3, -0.25) is 0 Å². The summed E-state index contributed by atoms with van der Waals surface area (Å²) in [6, 6.07) is 14.7. The van der Waals surface area contributed by atoms with Crippen molar-refractivity contribution in [2.24, 2.45) is 5.73 Å². The number of rotatable bonds is 5. The van der Waals surface area contributed by atoms with Crippen molar-refractivity contribution in [3.05, 3.63) is 64.7 Å². The number of ether oxygens (including phenoxy) is 1. The van der Waals surface area contributed by atoms with Crippen molar-refractivity contribution >= 4 is 0 Å². The Morgan fingerprint density at radius 2 is 1.67 bits per heavy atom. The van der Waals surface area contributed by atoms with Crippen LogP contribution in [0.15, 0.2) is 42.5 Å². The summed E-state index contributed by atoms with van der Waals surface area (Å²) < 4.78 is 5.66. The van der Waals surface area contributed by atoms with Gasteiger partial charge >= 0.3 is 0 Å². The van der Waals surface area contributed by atoms with Gasteiger partial charge in [0.05, 0.1) is 6.10 Å². The topological polar surface area (TPSA) is 35.2 Å². The van der Waals surface area contributed by atoms with E-state index in [4.69, 9.17) is 10.5 Å². The van der Waals surface area contributed by atoms with Gasteiger partial charge in [-0.1, -0.05) is 35.9 Å². The Bertz CT molecular complexity index is 587. The molecule has 2 aromatic rings. The van der Waals surface area contributed by atoms with Gasteiger partial charge in [0.1, 0.15) is 5.75 Å². The zero-order valence-corrected chi connectivity index (χ0v) is 13.4. The lowest BCUT2D eigenvalue weighted by molar-refractivity contribution is 0.242. The monoisotopic (exact) mass is 283 g/mol. The Hall–Kier alpha value is -1.80. The summed E-state index contributed by atoms with van der Waals surface area (Å²) in [5.41, 5.74) is 11.4. The predicted molar refractivity (Wildman–Crippen MR) is 88.8 cm³/mol. The third-order valence-electron chi connectivity index (χ3n) is 3.62. The fraction of sp³-hybridized carbons (Fsp3) is 0.368. The second kappa shape index (κ2) is 6.77. The van der Waals surface area contributed by atoms with Crippen LogP contribution >= 0.6 is 0 Å². The molecule has 0 bridgehead atoms. The molecule has 0 aliphatic rings. The average Bonchev–Trinajstić information content (AvgIpc) is 2.43. The minimum Gasteiger partial charge on any atom is -0.491 e. The molecular weight excluding hydrogens is 258 g/mol. The molecule has 0 heterocycles. The van der Waals surface area contributed by atoms with Crippen LogP contribution in [-0.4, -0.2) is 6.10 Å². The van der Waals surface area contributed by atoms with Crippen LogP contribution in [0.1, 0.15) is 42.1 Å². The highest BCUT2D eigenvalue weighted by molar-refractivity contribution is 5.34. The molecule has 2 rings (SSSR count). The molecule has 1 atom stereocenters. The van der Waals surface area contributed by atoms with E-state index in [1.807, 2.05) is 26.0 Å². The second-order valence-electron chi connectivity index (χ2n) is 5.98.